The van der Waals surface area contributed by atoms with Gasteiger partial charge in [-0.05, 0) is 77.0 Å². The molecule has 6 nitrogen and oxygen atoms in total. The van der Waals surface area contributed by atoms with Crippen LogP contribution in [0.25, 0.3) is 0 Å². The highest BCUT2D eigenvalue weighted by molar-refractivity contribution is 5.71. The second kappa shape index (κ2) is 46.8. The van der Waals surface area contributed by atoms with Gasteiger partial charge in [-0.15, -0.1) is 0 Å². The van der Waals surface area contributed by atoms with Crippen molar-refractivity contribution in [3.63, 3.8) is 0 Å². The van der Waals surface area contributed by atoms with Crippen LogP contribution in [0.4, 0.5) is 0 Å². The van der Waals surface area contributed by atoms with Crippen LogP contribution in [-0.2, 0) is 28.6 Å². The third-order valence-electron chi connectivity index (χ3n) is 10.2. The van der Waals surface area contributed by atoms with E-state index in [1.165, 1.54) is 116 Å². The molecule has 0 aromatic rings. The summed E-state index contributed by atoms with van der Waals surface area (Å²) in [6.07, 6.45) is 56.3. The molecule has 6 heteroatoms. The van der Waals surface area contributed by atoms with E-state index >= 15 is 0 Å². The maximum Gasteiger partial charge on any atom is 0.306 e. The fraction of sp³-hybridized carbons (Fsp3) is 0.750. The molecular formula is C52H90O6. The van der Waals surface area contributed by atoms with Crippen molar-refractivity contribution in [2.45, 2.75) is 239 Å². The lowest BCUT2D eigenvalue weighted by atomic mass is 10.0. The molecule has 0 aromatic heterocycles. The van der Waals surface area contributed by atoms with Gasteiger partial charge < -0.3 is 14.2 Å². The van der Waals surface area contributed by atoms with E-state index in [0.717, 1.165) is 70.6 Å². The fourth-order valence-corrected chi connectivity index (χ4v) is 6.53. The largest absolute Gasteiger partial charge is 0.462 e. The average Bonchev–Trinajstić information content (AvgIpc) is 3.22. The van der Waals surface area contributed by atoms with Crippen LogP contribution < -0.4 is 0 Å². The molecule has 0 amide bonds. The molecule has 0 bridgehead atoms. The summed E-state index contributed by atoms with van der Waals surface area (Å²) in [7, 11) is 0. The first-order chi connectivity index (χ1) is 28.5. The summed E-state index contributed by atoms with van der Waals surface area (Å²) in [5, 5.41) is 0. The number of esters is 3. The maximum atomic E-state index is 12.7. The van der Waals surface area contributed by atoms with Crippen molar-refractivity contribution in [3.05, 3.63) is 60.8 Å². The van der Waals surface area contributed by atoms with E-state index in [-0.39, 0.29) is 37.5 Å². The summed E-state index contributed by atoms with van der Waals surface area (Å²) in [6.45, 7) is 6.51. The van der Waals surface area contributed by atoms with Crippen LogP contribution in [0.1, 0.15) is 233 Å². The van der Waals surface area contributed by atoms with Gasteiger partial charge in [-0.25, -0.2) is 0 Å². The number of hydrogen-bond acceptors (Lipinski definition) is 6. The Labute approximate surface area is 358 Å². The second-order valence-corrected chi connectivity index (χ2v) is 16.0. The van der Waals surface area contributed by atoms with Gasteiger partial charge in [-0.3, -0.25) is 14.4 Å². The zero-order valence-corrected chi connectivity index (χ0v) is 38.0. The quantitative estimate of drug-likeness (QED) is 0.0264. The molecular weight excluding hydrogens is 721 g/mol. The Bertz CT molecular complexity index is 1070. The van der Waals surface area contributed by atoms with Crippen LogP contribution in [-0.4, -0.2) is 37.2 Å². The molecule has 0 radical (unpaired) electrons. The Kier molecular flexibility index (Phi) is 44.5. The standard InChI is InChI=1S/C52H90O6/c1-4-7-10-13-16-19-22-24-25-26-27-28-31-33-36-39-42-45-51(54)57-48-49(47-56-50(53)44-41-38-35-32-29-21-18-15-12-9-6-3)58-52(55)46-43-40-37-34-30-23-20-17-14-11-8-5-2/h15-16,18-19,24-25,27-28,33,36,49H,4-14,17,20-23,26,29-32,34-35,37-48H2,1-3H3/b18-15-,19-16-,25-24-,28-27-,36-33-/t49-/m1/s1. The van der Waals surface area contributed by atoms with Gasteiger partial charge in [0.2, 0.25) is 0 Å². The highest BCUT2D eigenvalue weighted by Gasteiger charge is 2.19. The lowest BCUT2D eigenvalue weighted by Gasteiger charge is -2.18. The predicted octanol–water partition coefficient (Wildman–Crippen LogP) is 15.7. The number of carbonyl (C=O) groups excluding carboxylic acids is 3. The summed E-state index contributed by atoms with van der Waals surface area (Å²) < 4.78 is 16.7. The second-order valence-electron chi connectivity index (χ2n) is 16.0. The molecule has 0 fully saturated rings. The third kappa shape index (κ3) is 44.2. The number of ether oxygens (including phenoxy) is 3. The van der Waals surface area contributed by atoms with Crippen molar-refractivity contribution in [2.24, 2.45) is 0 Å². The number of carbonyl (C=O) groups is 3. The number of hydrogen-bond donors (Lipinski definition) is 0. The molecule has 0 rings (SSSR count). The van der Waals surface area contributed by atoms with Crippen LogP contribution in [0.3, 0.4) is 0 Å². The molecule has 0 heterocycles. The van der Waals surface area contributed by atoms with E-state index in [0.29, 0.717) is 19.3 Å². The summed E-state index contributed by atoms with van der Waals surface area (Å²) in [4.78, 5) is 37.8. The molecule has 0 saturated carbocycles. The van der Waals surface area contributed by atoms with Gasteiger partial charge in [-0.2, -0.15) is 0 Å². The van der Waals surface area contributed by atoms with Crippen molar-refractivity contribution < 1.29 is 28.6 Å². The van der Waals surface area contributed by atoms with Gasteiger partial charge in [0.05, 0.1) is 0 Å². The zero-order valence-electron chi connectivity index (χ0n) is 38.0. The first-order valence-electron chi connectivity index (χ1n) is 24.3. The summed E-state index contributed by atoms with van der Waals surface area (Å²) in [5.41, 5.74) is 0. The van der Waals surface area contributed by atoms with E-state index in [1.807, 2.05) is 0 Å². The number of unbranched alkanes of at least 4 members (excludes halogenated alkanes) is 22. The molecule has 0 N–H and O–H groups in total. The van der Waals surface area contributed by atoms with Crippen molar-refractivity contribution in [1.29, 1.82) is 0 Å². The Morgan fingerprint density at radius 3 is 1.14 bits per heavy atom. The normalized spacial score (nSPS) is 12.5. The molecule has 0 aliphatic rings. The van der Waals surface area contributed by atoms with E-state index in [9.17, 15) is 14.4 Å². The highest BCUT2D eigenvalue weighted by atomic mass is 16.6. The predicted molar refractivity (Wildman–Crippen MR) is 247 cm³/mol. The molecule has 0 aliphatic carbocycles. The molecule has 334 valence electrons. The zero-order chi connectivity index (χ0) is 42.3. The molecule has 0 aliphatic heterocycles. The number of allylic oxidation sites excluding steroid dienone is 10. The minimum Gasteiger partial charge on any atom is -0.462 e. The Balaban J connectivity index is 4.45. The minimum atomic E-state index is -0.795. The van der Waals surface area contributed by atoms with Crippen LogP contribution in [0.15, 0.2) is 60.8 Å². The van der Waals surface area contributed by atoms with Gasteiger partial charge in [0, 0.05) is 19.3 Å². The van der Waals surface area contributed by atoms with E-state index in [2.05, 4.69) is 81.5 Å². The lowest BCUT2D eigenvalue weighted by molar-refractivity contribution is -0.167. The molecule has 1 atom stereocenters. The first kappa shape index (κ1) is 55.1. The first-order valence-corrected chi connectivity index (χ1v) is 24.3. The smallest absolute Gasteiger partial charge is 0.306 e. The van der Waals surface area contributed by atoms with E-state index < -0.39 is 6.10 Å². The summed E-state index contributed by atoms with van der Waals surface area (Å²) in [5.74, 6) is -0.961. The van der Waals surface area contributed by atoms with Gasteiger partial charge >= 0.3 is 17.9 Å². The summed E-state index contributed by atoms with van der Waals surface area (Å²) in [6, 6.07) is 0. The molecule has 58 heavy (non-hydrogen) atoms. The van der Waals surface area contributed by atoms with Gasteiger partial charge in [0.1, 0.15) is 13.2 Å². The topological polar surface area (TPSA) is 78.9 Å². The maximum absolute atomic E-state index is 12.7. The van der Waals surface area contributed by atoms with Crippen LogP contribution in [0.2, 0.25) is 0 Å². The molecule has 0 spiro atoms. The van der Waals surface area contributed by atoms with E-state index in [1.54, 1.807) is 0 Å². The van der Waals surface area contributed by atoms with E-state index in [4.69, 9.17) is 14.2 Å². The van der Waals surface area contributed by atoms with Crippen molar-refractivity contribution in [3.8, 4) is 0 Å². The Morgan fingerprint density at radius 1 is 0.345 bits per heavy atom. The van der Waals surface area contributed by atoms with Crippen LogP contribution in [0, 0.1) is 0 Å². The summed E-state index contributed by atoms with van der Waals surface area (Å²) >= 11 is 0. The van der Waals surface area contributed by atoms with Crippen molar-refractivity contribution >= 4 is 17.9 Å². The Hall–Kier alpha value is -2.89. The molecule has 0 unspecified atom stereocenters. The molecule has 0 aromatic carbocycles. The average molecular weight is 811 g/mol. The van der Waals surface area contributed by atoms with Gasteiger partial charge in [-0.1, -0.05) is 197 Å². The highest BCUT2D eigenvalue weighted by Crippen LogP contribution is 2.14. The fourth-order valence-electron chi connectivity index (χ4n) is 6.53. The molecule has 0 saturated heterocycles. The van der Waals surface area contributed by atoms with Crippen molar-refractivity contribution in [1.82, 2.24) is 0 Å². The van der Waals surface area contributed by atoms with Crippen molar-refractivity contribution in [2.75, 3.05) is 13.2 Å². The third-order valence-corrected chi connectivity index (χ3v) is 10.2. The monoisotopic (exact) mass is 811 g/mol. The van der Waals surface area contributed by atoms with Crippen LogP contribution >= 0.6 is 0 Å². The Morgan fingerprint density at radius 2 is 0.655 bits per heavy atom. The number of rotatable bonds is 43. The lowest BCUT2D eigenvalue weighted by Crippen LogP contribution is -2.30. The van der Waals surface area contributed by atoms with Gasteiger partial charge in [0.25, 0.3) is 0 Å². The minimum absolute atomic E-state index is 0.0944. The SMILES string of the molecule is CCCC/C=C\CCCCCCCC(=O)OC[C@H](COC(=O)CCC/C=C\C/C=C\C/C=C\C/C=C\CCCCC)OC(=O)CCCCCCCCCCCCCC. The van der Waals surface area contributed by atoms with Gasteiger partial charge in [0.15, 0.2) is 6.10 Å². The van der Waals surface area contributed by atoms with Crippen LogP contribution in [0.5, 0.6) is 0 Å².